The predicted octanol–water partition coefficient (Wildman–Crippen LogP) is 3.72. The Morgan fingerprint density at radius 1 is 1.17 bits per heavy atom. The summed E-state index contributed by atoms with van der Waals surface area (Å²) in [7, 11) is 0. The van der Waals surface area contributed by atoms with Crippen molar-refractivity contribution in [2.24, 2.45) is 0 Å². The maximum Gasteiger partial charge on any atom is 0.259 e. The zero-order valence-corrected chi connectivity index (χ0v) is 14.5. The van der Waals surface area contributed by atoms with Gasteiger partial charge in [-0.3, -0.25) is 9.00 Å². The van der Waals surface area contributed by atoms with Gasteiger partial charge in [-0.1, -0.05) is 54.8 Å². The van der Waals surface area contributed by atoms with Crippen molar-refractivity contribution in [1.29, 1.82) is 0 Å². The molecule has 0 saturated heterocycles. The highest BCUT2D eigenvalue weighted by atomic mass is 32.2. The van der Waals surface area contributed by atoms with E-state index in [0.717, 1.165) is 11.8 Å². The van der Waals surface area contributed by atoms with Crippen molar-refractivity contribution in [1.82, 2.24) is 0 Å². The first-order valence-corrected chi connectivity index (χ1v) is 8.55. The summed E-state index contributed by atoms with van der Waals surface area (Å²) < 4.78 is 18.0. The second kappa shape index (κ2) is 11.4. The van der Waals surface area contributed by atoms with E-state index >= 15 is 0 Å². The second-order valence-electron chi connectivity index (χ2n) is 4.24. The Kier molecular flexibility index (Phi) is 10.3. The Labute approximate surface area is 141 Å². The summed E-state index contributed by atoms with van der Waals surface area (Å²) in [5.41, 5.74) is 1.92. The first-order valence-electron chi connectivity index (χ1n) is 7.07. The van der Waals surface area contributed by atoms with Crippen LogP contribution < -0.4 is 5.32 Å². The highest BCUT2D eigenvalue weighted by molar-refractivity contribution is 7.78. The fraction of sp³-hybridized carbons (Fsp3) is 0.235. The van der Waals surface area contributed by atoms with E-state index in [1.165, 1.54) is 6.07 Å². The SMILES string of the molecule is CC.CS(=O)[O-].Cc1ccc(O)c(C(=O)Nc2ccccc2)c1.[HH]. The van der Waals surface area contributed by atoms with Crippen LogP contribution in [0.1, 0.15) is 31.2 Å². The highest BCUT2D eigenvalue weighted by Crippen LogP contribution is 2.19. The van der Waals surface area contributed by atoms with Crippen molar-refractivity contribution in [3.63, 3.8) is 0 Å². The van der Waals surface area contributed by atoms with E-state index in [-0.39, 0.29) is 18.6 Å². The van der Waals surface area contributed by atoms with Crippen LogP contribution in [-0.2, 0) is 11.1 Å². The Morgan fingerprint density at radius 3 is 2.22 bits per heavy atom. The molecule has 0 aliphatic rings. The molecule has 0 spiro atoms. The molecule has 1 atom stereocenters. The summed E-state index contributed by atoms with van der Waals surface area (Å²) >= 11 is -1.86. The van der Waals surface area contributed by atoms with Gasteiger partial charge in [0.2, 0.25) is 0 Å². The quantitative estimate of drug-likeness (QED) is 0.817. The first kappa shape index (κ1) is 20.8. The fourth-order valence-corrected chi connectivity index (χ4v) is 1.55. The molecule has 23 heavy (non-hydrogen) atoms. The maximum atomic E-state index is 11.9. The van der Waals surface area contributed by atoms with E-state index in [2.05, 4.69) is 5.32 Å². The van der Waals surface area contributed by atoms with Crippen LogP contribution in [0.15, 0.2) is 48.5 Å². The molecule has 2 aromatic rings. The average Bonchev–Trinajstić information content (AvgIpc) is 2.52. The van der Waals surface area contributed by atoms with Gasteiger partial charge in [0, 0.05) is 7.11 Å². The van der Waals surface area contributed by atoms with Crippen molar-refractivity contribution in [3.8, 4) is 5.75 Å². The normalized spacial score (nSPS) is 10.3. The number of nitrogens with one attached hydrogen (secondary N) is 1. The van der Waals surface area contributed by atoms with E-state index < -0.39 is 11.1 Å². The third-order valence-electron chi connectivity index (χ3n) is 2.43. The van der Waals surface area contributed by atoms with Crippen molar-refractivity contribution >= 4 is 22.7 Å². The number of amides is 1. The first-order chi connectivity index (χ1) is 10.9. The number of carbonyl (C=O) groups excluding carboxylic acids is 1. The largest absolute Gasteiger partial charge is 0.773 e. The molecule has 2 N–H and O–H groups in total. The Hall–Kier alpha value is -2.18. The Balaban J connectivity index is 0. The number of para-hydroxylation sites is 1. The molecule has 0 heterocycles. The van der Waals surface area contributed by atoms with Gasteiger partial charge in [0.1, 0.15) is 5.75 Å². The summed E-state index contributed by atoms with van der Waals surface area (Å²) in [5.74, 6) is -0.318. The highest BCUT2D eigenvalue weighted by Gasteiger charge is 2.10. The van der Waals surface area contributed by atoms with Crippen LogP contribution in [-0.4, -0.2) is 26.0 Å². The van der Waals surface area contributed by atoms with E-state index in [1.807, 2.05) is 39.0 Å². The number of hydrogen-bond acceptors (Lipinski definition) is 4. The summed E-state index contributed by atoms with van der Waals surface area (Å²) in [6.45, 7) is 5.87. The minimum absolute atomic E-state index is 0. The van der Waals surface area contributed by atoms with Crippen LogP contribution in [0.25, 0.3) is 0 Å². The predicted molar refractivity (Wildman–Crippen MR) is 95.5 cm³/mol. The lowest BCUT2D eigenvalue weighted by molar-refractivity contribution is 0.102. The molecule has 5 nitrogen and oxygen atoms in total. The van der Waals surface area contributed by atoms with Crippen LogP contribution in [0.3, 0.4) is 0 Å². The van der Waals surface area contributed by atoms with Gasteiger partial charge in [-0.05, 0) is 37.4 Å². The summed E-state index contributed by atoms with van der Waals surface area (Å²) in [6.07, 6.45) is 1.08. The van der Waals surface area contributed by atoms with E-state index in [0.29, 0.717) is 5.69 Å². The van der Waals surface area contributed by atoms with Crippen molar-refractivity contribution in [3.05, 3.63) is 59.7 Å². The van der Waals surface area contributed by atoms with Crippen LogP contribution >= 0.6 is 0 Å². The molecule has 1 unspecified atom stereocenters. The van der Waals surface area contributed by atoms with Crippen LogP contribution in [0.2, 0.25) is 0 Å². The smallest absolute Gasteiger partial charge is 0.259 e. The fourth-order valence-electron chi connectivity index (χ4n) is 1.55. The molecule has 0 aromatic heterocycles. The molecule has 2 rings (SSSR count). The summed E-state index contributed by atoms with van der Waals surface area (Å²) in [6, 6.07) is 14.1. The van der Waals surface area contributed by atoms with Gasteiger partial charge in [-0.25, -0.2) is 0 Å². The summed E-state index contributed by atoms with van der Waals surface area (Å²) in [4.78, 5) is 11.9. The number of anilines is 1. The summed E-state index contributed by atoms with van der Waals surface area (Å²) in [5, 5.41) is 12.3. The van der Waals surface area contributed by atoms with Crippen LogP contribution in [0, 0.1) is 6.92 Å². The number of aryl methyl sites for hydroxylation is 1. The molecule has 128 valence electrons. The van der Waals surface area contributed by atoms with E-state index in [9.17, 15) is 9.90 Å². The molecule has 0 saturated carbocycles. The number of phenolic OH excluding ortho intramolecular Hbond substituents is 1. The molecule has 0 aliphatic heterocycles. The van der Waals surface area contributed by atoms with Gasteiger partial charge in [0.15, 0.2) is 0 Å². The van der Waals surface area contributed by atoms with Gasteiger partial charge in [-0.15, -0.1) is 0 Å². The number of carbonyl (C=O) groups is 1. The zero-order valence-electron chi connectivity index (χ0n) is 13.7. The Bertz CT molecular complexity index is 632. The van der Waals surface area contributed by atoms with Crippen LogP contribution in [0.5, 0.6) is 5.75 Å². The molecule has 0 fully saturated rings. The van der Waals surface area contributed by atoms with Gasteiger partial charge >= 0.3 is 0 Å². The zero-order chi connectivity index (χ0) is 17.8. The van der Waals surface area contributed by atoms with Crippen molar-refractivity contribution < 1.29 is 20.1 Å². The van der Waals surface area contributed by atoms with E-state index in [4.69, 9.17) is 8.76 Å². The molecule has 2 aromatic carbocycles. The van der Waals surface area contributed by atoms with Crippen LogP contribution in [0.4, 0.5) is 5.69 Å². The topological polar surface area (TPSA) is 89.5 Å². The molecule has 6 heteroatoms. The number of aromatic hydroxyl groups is 1. The molecule has 1 amide bonds. The number of benzene rings is 2. The molecular weight excluding hydrogens is 314 g/mol. The molecule has 0 aliphatic carbocycles. The third-order valence-corrected chi connectivity index (χ3v) is 2.43. The van der Waals surface area contributed by atoms with E-state index in [1.54, 1.807) is 24.3 Å². The van der Waals surface area contributed by atoms with Crippen molar-refractivity contribution in [2.75, 3.05) is 11.6 Å². The number of rotatable bonds is 2. The number of hydrogen-bond donors (Lipinski definition) is 2. The minimum atomic E-state index is -1.86. The lowest BCUT2D eigenvalue weighted by Crippen LogP contribution is -2.12. The molecular formula is C17H24NO4S-. The van der Waals surface area contributed by atoms with Gasteiger partial charge < -0.3 is 15.0 Å². The second-order valence-corrected chi connectivity index (χ2v) is 5.04. The minimum Gasteiger partial charge on any atom is -0.773 e. The molecule has 0 bridgehead atoms. The third kappa shape index (κ3) is 8.75. The van der Waals surface area contributed by atoms with Crippen molar-refractivity contribution in [2.45, 2.75) is 20.8 Å². The number of phenols is 1. The van der Waals surface area contributed by atoms with Gasteiger partial charge in [0.25, 0.3) is 5.91 Å². The lowest BCUT2D eigenvalue weighted by atomic mass is 10.1. The molecule has 0 radical (unpaired) electrons. The Morgan fingerprint density at radius 2 is 1.70 bits per heavy atom. The van der Waals surface area contributed by atoms with Gasteiger partial charge in [0.05, 0.1) is 5.56 Å². The monoisotopic (exact) mass is 338 g/mol. The standard InChI is InChI=1S/C14H13NO2.C2H6.CH4O2S.H2/c1-10-7-8-13(16)12(9-10)14(17)15-11-5-3-2-4-6-11;1-2;1-4(2)3;/h2-9,16H,1H3,(H,15,17);1-2H3;1H3,(H,2,3);1H/p-1. The van der Waals surface area contributed by atoms with Gasteiger partial charge in [-0.2, -0.15) is 0 Å². The lowest BCUT2D eigenvalue weighted by Gasteiger charge is -2.07. The average molecular weight is 338 g/mol. The maximum absolute atomic E-state index is 11.9.